The van der Waals surface area contributed by atoms with Gasteiger partial charge in [0.1, 0.15) is 0 Å². The molecule has 2 aromatic carbocycles. The lowest BCUT2D eigenvalue weighted by molar-refractivity contribution is 0.00578. The topological polar surface area (TPSA) is 88.7 Å². The number of nitrogens with zero attached hydrogens (tertiary/aromatic N) is 2. The van der Waals surface area contributed by atoms with Crippen LogP contribution in [0.4, 0.5) is 0 Å². The summed E-state index contributed by atoms with van der Waals surface area (Å²) in [6.07, 6.45) is 4.80. The third-order valence-electron chi connectivity index (χ3n) is 8.45. The van der Waals surface area contributed by atoms with E-state index < -0.39 is 7.12 Å². The molecule has 0 N–H and O–H groups in total. The Kier molecular flexibility index (Phi) is 5.90. The van der Waals surface area contributed by atoms with Crippen LogP contribution in [0.15, 0.2) is 47.2 Å². The summed E-state index contributed by atoms with van der Waals surface area (Å²) in [6.45, 7) is 8.21. The van der Waals surface area contributed by atoms with Crippen molar-refractivity contribution in [3.63, 3.8) is 0 Å². The summed E-state index contributed by atoms with van der Waals surface area (Å²) in [7, 11) is 3.03. The summed E-state index contributed by atoms with van der Waals surface area (Å²) in [4.78, 5) is 23.1. The molecule has 1 aliphatic heterocycles. The molecule has 0 unspecified atom stereocenters. The van der Waals surface area contributed by atoms with Gasteiger partial charge in [0.15, 0.2) is 11.2 Å². The second kappa shape index (κ2) is 8.73. The fraction of sp³-hybridized carbons (Fsp3) is 0.500. The molecule has 3 heterocycles. The Hall–Kier alpha value is -2.56. The number of rotatable bonds is 3. The van der Waals surface area contributed by atoms with Gasteiger partial charge in [-0.15, -0.1) is 0 Å². The Labute approximate surface area is 229 Å². The minimum Gasteiger partial charge on any atom is -0.408 e. The third kappa shape index (κ3) is 4.30. The molecule has 3 fully saturated rings. The molecule has 200 valence electrons. The standard InChI is InChI=1S/C17H22BNO4.C11H10BrNO2/c1-16(2)17(3,4)23-18(22-16)12-9-13-14(21-15(20)19(13)5)8-11(12)10-6-7-10;1-13-9-5-8(12)7(6-2-3-6)4-10(9)15-11(13)14/h8-10H,6-7H2,1-5H3;4-6H,2-3H2,1H3. The maximum absolute atomic E-state index is 11.8. The first-order valence-corrected chi connectivity index (χ1v) is 13.9. The monoisotopic (exact) mass is 582 g/mol. The average molecular weight is 583 g/mol. The zero-order valence-corrected chi connectivity index (χ0v) is 24.2. The highest BCUT2D eigenvalue weighted by Gasteiger charge is 2.53. The van der Waals surface area contributed by atoms with E-state index in [1.807, 2.05) is 24.3 Å². The van der Waals surface area contributed by atoms with Gasteiger partial charge in [-0.3, -0.25) is 9.13 Å². The Morgan fingerprint density at radius 1 is 0.763 bits per heavy atom. The van der Waals surface area contributed by atoms with Gasteiger partial charge in [-0.05, 0) is 106 Å². The Morgan fingerprint density at radius 3 is 1.71 bits per heavy atom. The largest absolute Gasteiger partial charge is 0.495 e. The van der Waals surface area contributed by atoms with Crippen LogP contribution in [0, 0.1) is 0 Å². The third-order valence-corrected chi connectivity index (χ3v) is 9.14. The van der Waals surface area contributed by atoms with Gasteiger partial charge in [-0.2, -0.15) is 0 Å². The van der Waals surface area contributed by atoms with E-state index in [-0.39, 0.29) is 22.7 Å². The number of aromatic nitrogens is 2. The highest BCUT2D eigenvalue weighted by Crippen LogP contribution is 2.44. The van der Waals surface area contributed by atoms with E-state index in [1.165, 1.54) is 33.1 Å². The lowest BCUT2D eigenvalue weighted by Crippen LogP contribution is -2.41. The number of hydrogen-bond donors (Lipinski definition) is 0. The predicted octanol–water partition coefficient (Wildman–Crippen LogP) is 5.08. The second-order valence-corrected chi connectivity index (χ2v) is 12.6. The van der Waals surface area contributed by atoms with Crippen molar-refractivity contribution in [1.82, 2.24) is 9.13 Å². The summed E-state index contributed by atoms with van der Waals surface area (Å²) >= 11 is 3.54. The van der Waals surface area contributed by atoms with Gasteiger partial charge in [0.2, 0.25) is 0 Å². The number of oxazole rings is 2. The lowest BCUT2D eigenvalue weighted by Gasteiger charge is -2.32. The molecule has 2 saturated carbocycles. The van der Waals surface area contributed by atoms with Crippen LogP contribution in [0.1, 0.15) is 76.3 Å². The summed E-state index contributed by atoms with van der Waals surface area (Å²) in [5.74, 6) is 0.519. The van der Waals surface area contributed by atoms with Crippen LogP contribution in [0.5, 0.6) is 0 Å². The lowest BCUT2D eigenvalue weighted by atomic mass is 9.74. The van der Waals surface area contributed by atoms with Crippen molar-refractivity contribution in [1.29, 1.82) is 0 Å². The molecule has 0 amide bonds. The Balaban J connectivity index is 0.000000152. The van der Waals surface area contributed by atoms with Crippen molar-refractivity contribution in [3.8, 4) is 0 Å². The van der Waals surface area contributed by atoms with Gasteiger partial charge < -0.3 is 18.1 Å². The smallest absolute Gasteiger partial charge is 0.408 e. The average Bonchev–Trinajstić information content (AvgIpc) is 3.76. The van der Waals surface area contributed by atoms with E-state index in [0.717, 1.165) is 33.8 Å². The molecule has 2 aliphatic carbocycles. The summed E-state index contributed by atoms with van der Waals surface area (Å²) in [5, 5.41) is 0. The predicted molar refractivity (Wildman–Crippen MR) is 150 cm³/mol. The quantitative estimate of drug-likeness (QED) is 0.313. The number of benzene rings is 2. The zero-order valence-electron chi connectivity index (χ0n) is 22.6. The van der Waals surface area contributed by atoms with Crippen LogP contribution >= 0.6 is 15.9 Å². The van der Waals surface area contributed by atoms with E-state index in [0.29, 0.717) is 23.0 Å². The molecule has 4 aromatic rings. The number of fused-ring (bicyclic) bond motifs is 2. The van der Waals surface area contributed by atoms with Crippen molar-refractivity contribution in [2.45, 2.75) is 76.4 Å². The van der Waals surface area contributed by atoms with Gasteiger partial charge >= 0.3 is 18.6 Å². The molecular formula is C28H32BBrN2O6. The van der Waals surface area contributed by atoms with Crippen molar-refractivity contribution in [2.75, 3.05) is 0 Å². The number of aryl methyl sites for hydroxylation is 2. The first kappa shape index (κ1) is 25.7. The normalized spacial score (nSPS) is 20.2. The molecule has 3 aliphatic rings. The molecule has 8 nitrogen and oxygen atoms in total. The molecule has 0 spiro atoms. The Morgan fingerprint density at radius 2 is 1.21 bits per heavy atom. The summed E-state index contributed by atoms with van der Waals surface area (Å²) < 4.78 is 27.1. The second-order valence-electron chi connectivity index (χ2n) is 11.8. The first-order valence-electron chi connectivity index (χ1n) is 13.1. The van der Waals surface area contributed by atoms with Crippen LogP contribution in [-0.4, -0.2) is 27.5 Å². The van der Waals surface area contributed by atoms with E-state index >= 15 is 0 Å². The van der Waals surface area contributed by atoms with Crippen molar-refractivity contribution < 1.29 is 18.1 Å². The molecule has 0 atom stereocenters. The highest BCUT2D eigenvalue weighted by molar-refractivity contribution is 9.10. The van der Waals surface area contributed by atoms with Crippen molar-refractivity contribution in [2.24, 2.45) is 14.1 Å². The van der Waals surface area contributed by atoms with Crippen molar-refractivity contribution >= 4 is 50.7 Å². The summed E-state index contributed by atoms with van der Waals surface area (Å²) in [6, 6.07) is 7.94. The fourth-order valence-corrected chi connectivity index (χ4v) is 5.65. The maximum Gasteiger partial charge on any atom is 0.495 e. The molecule has 7 rings (SSSR count). The van der Waals surface area contributed by atoms with E-state index in [9.17, 15) is 9.59 Å². The molecule has 10 heteroatoms. The van der Waals surface area contributed by atoms with Crippen LogP contribution in [0.3, 0.4) is 0 Å². The Bertz CT molecular complexity index is 1670. The van der Waals surface area contributed by atoms with Crippen LogP contribution in [-0.2, 0) is 23.4 Å². The molecule has 0 radical (unpaired) electrons. The highest BCUT2D eigenvalue weighted by atomic mass is 79.9. The molecule has 0 bridgehead atoms. The molecule has 38 heavy (non-hydrogen) atoms. The minimum atomic E-state index is -0.412. The van der Waals surface area contributed by atoms with Gasteiger partial charge in [0, 0.05) is 18.6 Å². The van der Waals surface area contributed by atoms with Crippen LogP contribution in [0.25, 0.3) is 22.2 Å². The summed E-state index contributed by atoms with van der Waals surface area (Å²) in [5.41, 5.74) is 5.66. The van der Waals surface area contributed by atoms with Gasteiger partial charge in [-0.25, -0.2) is 9.59 Å². The maximum atomic E-state index is 11.8. The zero-order chi connectivity index (χ0) is 27.1. The first-order chi connectivity index (χ1) is 17.9. The fourth-order valence-electron chi connectivity index (χ4n) is 5.00. The van der Waals surface area contributed by atoms with Crippen LogP contribution in [0.2, 0.25) is 0 Å². The molecular weight excluding hydrogens is 551 g/mol. The molecule has 2 aromatic heterocycles. The van der Waals surface area contributed by atoms with Gasteiger partial charge in [0.25, 0.3) is 0 Å². The number of hydrogen-bond acceptors (Lipinski definition) is 6. The molecule has 1 saturated heterocycles. The van der Waals surface area contributed by atoms with E-state index in [1.54, 1.807) is 14.1 Å². The van der Waals surface area contributed by atoms with Crippen molar-refractivity contribution in [3.05, 3.63) is 61.0 Å². The van der Waals surface area contributed by atoms with E-state index in [4.69, 9.17) is 18.1 Å². The van der Waals surface area contributed by atoms with Crippen LogP contribution < -0.4 is 17.0 Å². The number of halogens is 1. The van der Waals surface area contributed by atoms with Gasteiger partial charge in [0.05, 0.1) is 22.2 Å². The minimum absolute atomic E-state index is 0.301. The van der Waals surface area contributed by atoms with Gasteiger partial charge in [-0.1, -0.05) is 15.9 Å². The SMILES string of the molecule is Cn1c(=O)oc2cc(C3CC3)c(B3OC(C)(C)C(C)(C)O3)cc21.Cn1c(=O)oc2cc(C3CC3)c(Br)cc21. The van der Waals surface area contributed by atoms with E-state index in [2.05, 4.69) is 43.6 Å².